The maximum atomic E-state index is 12.2. The van der Waals surface area contributed by atoms with Crippen molar-refractivity contribution in [1.82, 2.24) is 19.4 Å². The van der Waals surface area contributed by atoms with Crippen molar-refractivity contribution in [2.45, 2.75) is 49.6 Å². The zero-order valence-corrected chi connectivity index (χ0v) is 13.5. The van der Waals surface area contributed by atoms with Gasteiger partial charge in [-0.3, -0.25) is 9.58 Å². The maximum Gasteiger partial charge on any atom is 0.217 e. The summed E-state index contributed by atoms with van der Waals surface area (Å²) in [6.45, 7) is 1.91. The van der Waals surface area contributed by atoms with Crippen LogP contribution < -0.4 is 4.72 Å². The molecule has 1 saturated heterocycles. The van der Waals surface area contributed by atoms with Crippen LogP contribution in [0.4, 0.5) is 0 Å². The minimum Gasteiger partial charge on any atom is -0.390 e. The van der Waals surface area contributed by atoms with Crippen LogP contribution in [0, 0.1) is 0 Å². The maximum absolute atomic E-state index is 12.2. The fraction of sp³-hybridized carbons (Fsp3) is 0.786. The Hall–Kier alpha value is -0.960. The molecule has 0 aromatic carbocycles. The molecular weight excluding hydrogens is 304 g/mol. The van der Waals surface area contributed by atoms with Gasteiger partial charge in [0, 0.05) is 38.1 Å². The van der Waals surface area contributed by atoms with Crippen LogP contribution in [0.25, 0.3) is 0 Å². The molecule has 2 fully saturated rings. The van der Waals surface area contributed by atoms with Crippen LogP contribution in [0.3, 0.4) is 0 Å². The molecule has 0 spiro atoms. The molecule has 3 rings (SSSR count). The van der Waals surface area contributed by atoms with E-state index in [4.69, 9.17) is 0 Å². The van der Waals surface area contributed by atoms with E-state index in [0.29, 0.717) is 26.2 Å². The van der Waals surface area contributed by atoms with Gasteiger partial charge < -0.3 is 5.11 Å². The second kappa shape index (κ2) is 6.66. The van der Waals surface area contributed by atoms with Crippen LogP contribution in [0.2, 0.25) is 0 Å². The molecule has 7 nitrogen and oxygen atoms in total. The zero-order valence-electron chi connectivity index (χ0n) is 12.6. The van der Waals surface area contributed by atoms with Gasteiger partial charge in [0.05, 0.1) is 12.6 Å². The first kappa shape index (κ1) is 15.9. The van der Waals surface area contributed by atoms with Gasteiger partial charge in [-0.05, 0) is 18.9 Å². The van der Waals surface area contributed by atoms with Crippen LogP contribution in [0.15, 0.2) is 18.5 Å². The molecule has 1 saturated carbocycles. The third kappa shape index (κ3) is 3.87. The summed E-state index contributed by atoms with van der Waals surface area (Å²) in [6, 6.07) is 1.94. The number of hydrogen-bond acceptors (Lipinski definition) is 5. The van der Waals surface area contributed by atoms with Crippen LogP contribution in [-0.4, -0.2) is 65.2 Å². The lowest BCUT2D eigenvalue weighted by Crippen LogP contribution is -2.60. The number of aliphatic hydroxyl groups excluding tert-OH is 1. The van der Waals surface area contributed by atoms with E-state index in [1.165, 1.54) is 0 Å². The highest BCUT2D eigenvalue weighted by atomic mass is 32.2. The third-order valence-corrected chi connectivity index (χ3v) is 6.31. The largest absolute Gasteiger partial charge is 0.390 e. The Morgan fingerprint density at radius 1 is 1.27 bits per heavy atom. The van der Waals surface area contributed by atoms with Crippen molar-refractivity contribution in [1.29, 1.82) is 0 Å². The van der Waals surface area contributed by atoms with E-state index in [0.717, 1.165) is 25.7 Å². The predicted octanol–water partition coefficient (Wildman–Crippen LogP) is -0.210. The number of likely N-dealkylation sites (tertiary alicyclic amines) is 1. The summed E-state index contributed by atoms with van der Waals surface area (Å²) in [5.74, 6) is 0. The highest BCUT2D eigenvalue weighted by Crippen LogP contribution is 2.22. The van der Waals surface area contributed by atoms with Crippen LogP contribution in [0.5, 0.6) is 0 Å². The molecule has 1 atom stereocenters. The number of nitrogens with zero attached hydrogens (tertiary/aromatic N) is 3. The van der Waals surface area contributed by atoms with E-state index in [-0.39, 0.29) is 11.3 Å². The first-order valence-corrected chi connectivity index (χ1v) is 9.46. The summed E-state index contributed by atoms with van der Waals surface area (Å²) in [6.07, 6.45) is 7.08. The van der Waals surface area contributed by atoms with Crippen molar-refractivity contribution in [2.75, 3.05) is 19.6 Å². The van der Waals surface area contributed by atoms with Crippen molar-refractivity contribution >= 4 is 10.0 Å². The van der Waals surface area contributed by atoms with Gasteiger partial charge in [0.25, 0.3) is 0 Å². The van der Waals surface area contributed by atoms with E-state index in [1.54, 1.807) is 17.1 Å². The molecule has 1 unspecified atom stereocenters. The van der Waals surface area contributed by atoms with Gasteiger partial charge in [0.1, 0.15) is 5.25 Å². The average Bonchev–Trinajstić information content (AvgIpc) is 3.06. The Bertz CT molecular complexity index is 563. The van der Waals surface area contributed by atoms with Crippen molar-refractivity contribution in [3.05, 3.63) is 18.5 Å². The van der Waals surface area contributed by atoms with Crippen molar-refractivity contribution in [3.8, 4) is 0 Å². The Morgan fingerprint density at radius 3 is 2.64 bits per heavy atom. The molecule has 2 N–H and O–H groups in total. The highest BCUT2D eigenvalue weighted by molar-refractivity contribution is 7.90. The van der Waals surface area contributed by atoms with Gasteiger partial charge in [0.15, 0.2) is 0 Å². The van der Waals surface area contributed by atoms with E-state index in [2.05, 4.69) is 9.82 Å². The van der Waals surface area contributed by atoms with Gasteiger partial charge >= 0.3 is 0 Å². The van der Waals surface area contributed by atoms with Crippen molar-refractivity contribution < 1.29 is 13.5 Å². The highest BCUT2D eigenvalue weighted by Gasteiger charge is 2.39. The van der Waals surface area contributed by atoms with E-state index in [9.17, 15) is 13.5 Å². The molecule has 2 aliphatic rings. The molecule has 0 amide bonds. The molecule has 1 aliphatic heterocycles. The SMILES string of the molecule is O=S(=O)(NC1CCCC1)C1CN(CC(O)Cn2cccn2)C1. The Balaban J connectivity index is 1.41. The first-order chi connectivity index (χ1) is 10.5. The summed E-state index contributed by atoms with van der Waals surface area (Å²) in [5, 5.41) is 13.7. The molecule has 1 aliphatic carbocycles. The zero-order chi connectivity index (χ0) is 15.6. The number of aliphatic hydroxyl groups is 1. The number of rotatable bonds is 7. The minimum atomic E-state index is -3.22. The third-order valence-electron chi connectivity index (χ3n) is 4.47. The first-order valence-electron chi connectivity index (χ1n) is 7.92. The van der Waals surface area contributed by atoms with E-state index >= 15 is 0 Å². The lowest BCUT2D eigenvalue weighted by molar-refractivity contribution is 0.0675. The normalized spacial score (nSPS) is 22.8. The number of aromatic nitrogens is 2. The Morgan fingerprint density at radius 2 is 2.00 bits per heavy atom. The molecule has 1 aromatic rings. The van der Waals surface area contributed by atoms with E-state index < -0.39 is 16.1 Å². The minimum absolute atomic E-state index is 0.129. The summed E-state index contributed by atoms with van der Waals surface area (Å²) >= 11 is 0. The van der Waals surface area contributed by atoms with Crippen LogP contribution >= 0.6 is 0 Å². The second-order valence-corrected chi connectivity index (χ2v) is 8.36. The van der Waals surface area contributed by atoms with Gasteiger partial charge in [-0.1, -0.05) is 12.8 Å². The molecule has 0 radical (unpaired) electrons. The number of nitrogens with one attached hydrogen (secondary N) is 1. The van der Waals surface area contributed by atoms with E-state index in [1.807, 2.05) is 11.0 Å². The van der Waals surface area contributed by atoms with Crippen molar-refractivity contribution in [3.63, 3.8) is 0 Å². The van der Waals surface area contributed by atoms with Gasteiger partial charge in [-0.15, -0.1) is 0 Å². The molecular formula is C14H24N4O3S. The predicted molar refractivity (Wildman–Crippen MR) is 82.8 cm³/mol. The fourth-order valence-electron chi connectivity index (χ4n) is 3.22. The molecule has 8 heteroatoms. The lowest BCUT2D eigenvalue weighted by atomic mass is 10.2. The quantitative estimate of drug-likeness (QED) is 0.723. The number of sulfonamides is 1. The molecule has 124 valence electrons. The number of β-amino-alcohol motifs (C(OH)–C–C–N with tert-alkyl or cyclic N) is 1. The fourth-order valence-corrected chi connectivity index (χ4v) is 4.93. The monoisotopic (exact) mass is 328 g/mol. The van der Waals surface area contributed by atoms with Gasteiger partial charge in [-0.2, -0.15) is 5.10 Å². The molecule has 0 bridgehead atoms. The standard InChI is InChI=1S/C14H24N4O3S/c19-13(9-18-7-3-6-15-18)8-17-10-14(11-17)22(20,21)16-12-4-1-2-5-12/h3,6-7,12-14,16,19H,1-2,4-5,8-11H2. The summed E-state index contributed by atoms with van der Waals surface area (Å²) < 4.78 is 29.0. The Labute approximate surface area is 131 Å². The van der Waals surface area contributed by atoms with Crippen LogP contribution in [-0.2, 0) is 16.6 Å². The molecule has 2 heterocycles. The van der Waals surface area contributed by atoms with Crippen LogP contribution in [0.1, 0.15) is 25.7 Å². The molecule has 22 heavy (non-hydrogen) atoms. The number of hydrogen-bond donors (Lipinski definition) is 2. The summed E-state index contributed by atoms with van der Waals surface area (Å²) in [5.41, 5.74) is 0. The second-order valence-electron chi connectivity index (χ2n) is 6.37. The summed E-state index contributed by atoms with van der Waals surface area (Å²) in [7, 11) is -3.22. The van der Waals surface area contributed by atoms with Gasteiger partial charge in [0.2, 0.25) is 10.0 Å². The average molecular weight is 328 g/mol. The Kier molecular flexibility index (Phi) is 4.82. The van der Waals surface area contributed by atoms with Gasteiger partial charge in [-0.25, -0.2) is 13.1 Å². The molecule has 1 aromatic heterocycles. The smallest absolute Gasteiger partial charge is 0.217 e. The topological polar surface area (TPSA) is 87.5 Å². The summed E-state index contributed by atoms with van der Waals surface area (Å²) in [4.78, 5) is 1.98. The van der Waals surface area contributed by atoms with Crippen molar-refractivity contribution in [2.24, 2.45) is 0 Å². The lowest BCUT2D eigenvalue weighted by Gasteiger charge is -2.40.